The predicted molar refractivity (Wildman–Crippen MR) is 98.5 cm³/mol. The highest BCUT2D eigenvalue weighted by molar-refractivity contribution is 5.41. The molecule has 0 N–H and O–H groups in total. The Morgan fingerprint density at radius 1 is 1.04 bits per heavy atom. The highest BCUT2D eigenvalue weighted by atomic mass is 16.5. The van der Waals surface area contributed by atoms with Crippen LogP contribution in [-0.4, -0.2) is 64.7 Å². The van der Waals surface area contributed by atoms with E-state index in [2.05, 4.69) is 40.2 Å². The monoisotopic (exact) mass is 378 g/mol. The number of rotatable bonds is 4. The van der Waals surface area contributed by atoms with E-state index in [4.69, 9.17) is 4.74 Å². The third-order valence-corrected chi connectivity index (χ3v) is 4.92. The molecule has 28 heavy (non-hydrogen) atoms. The minimum Gasteiger partial charge on any atom is -0.480 e. The van der Waals surface area contributed by atoms with E-state index in [1.54, 1.807) is 41.1 Å². The first-order chi connectivity index (χ1) is 13.8. The predicted octanol–water partition coefficient (Wildman–Crippen LogP) is 0.888. The lowest BCUT2D eigenvalue weighted by Crippen LogP contribution is -2.34. The summed E-state index contributed by atoms with van der Waals surface area (Å²) in [5.74, 6) is 3.17. The van der Waals surface area contributed by atoms with E-state index in [0.29, 0.717) is 11.7 Å². The Labute approximate surface area is 160 Å². The van der Waals surface area contributed by atoms with Crippen molar-refractivity contribution >= 4 is 11.5 Å². The van der Waals surface area contributed by atoms with E-state index in [9.17, 15) is 0 Å². The second-order valence-electron chi connectivity index (χ2n) is 6.54. The molecule has 4 aromatic rings. The Hall–Kier alpha value is -3.63. The number of hydrogen-bond acceptors (Lipinski definition) is 9. The van der Waals surface area contributed by atoms with Gasteiger partial charge in [-0.2, -0.15) is 9.61 Å². The number of anilines is 1. The molecule has 0 amide bonds. The second kappa shape index (κ2) is 6.83. The Morgan fingerprint density at radius 3 is 2.68 bits per heavy atom. The maximum Gasteiger partial charge on any atom is 0.231 e. The van der Waals surface area contributed by atoms with E-state index in [1.807, 2.05) is 6.07 Å². The molecule has 0 saturated carbocycles. The molecule has 0 radical (unpaired) electrons. The van der Waals surface area contributed by atoms with Crippen LogP contribution in [0.4, 0.5) is 5.82 Å². The average Bonchev–Trinajstić information content (AvgIpc) is 3.44. The molecule has 0 aromatic carbocycles. The standard InChI is InChI=1S/C17H18N10O/c1-28-16-3-2-13-22-23-17(27(13)24-16)12-4-6-25(7-5-12)14-8-18-9-15(21-14)26-11-19-10-20-26/h2-3,8-12H,4-7H2,1H3. The Morgan fingerprint density at radius 2 is 1.89 bits per heavy atom. The highest BCUT2D eigenvalue weighted by Gasteiger charge is 2.26. The van der Waals surface area contributed by atoms with Gasteiger partial charge in [-0.3, -0.25) is 4.98 Å². The van der Waals surface area contributed by atoms with Gasteiger partial charge >= 0.3 is 0 Å². The van der Waals surface area contributed by atoms with Gasteiger partial charge in [0.05, 0.1) is 19.5 Å². The molecular weight excluding hydrogens is 360 g/mol. The molecule has 1 fully saturated rings. The fourth-order valence-electron chi connectivity index (χ4n) is 3.45. The van der Waals surface area contributed by atoms with Crippen molar-refractivity contribution in [2.45, 2.75) is 18.8 Å². The van der Waals surface area contributed by atoms with Gasteiger partial charge in [0.2, 0.25) is 5.88 Å². The summed E-state index contributed by atoms with van der Waals surface area (Å²) in [7, 11) is 1.60. The van der Waals surface area contributed by atoms with Crippen LogP contribution in [0.25, 0.3) is 11.5 Å². The van der Waals surface area contributed by atoms with Crippen LogP contribution in [0.3, 0.4) is 0 Å². The van der Waals surface area contributed by atoms with Crippen LogP contribution in [-0.2, 0) is 0 Å². The van der Waals surface area contributed by atoms with Crippen LogP contribution in [0.15, 0.2) is 37.2 Å². The van der Waals surface area contributed by atoms with Gasteiger partial charge in [0, 0.05) is 25.1 Å². The summed E-state index contributed by atoms with van der Waals surface area (Å²) in [6.07, 6.45) is 8.39. The van der Waals surface area contributed by atoms with Crippen molar-refractivity contribution in [1.82, 2.24) is 44.5 Å². The Balaban J connectivity index is 1.34. The maximum atomic E-state index is 5.23. The zero-order valence-corrected chi connectivity index (χ0v) is 15.3. The number of fused-ring (bicyclic) bond motifs is 1. The smallest absolute Gasteiger partial charge is 0.231 e. The number of aromatic nitrogens is 9. The summed E-state index contributed by atoms with van der Waals surface area (Å²) >= 11 is 0. The molecule has 0 aliphatic carbocycles. The molecule has 5 heterocycles. The minimum absolute atomic E-state index is 0.275. The zero-order chi connectivity index (χ0) is 18.9. The molecule has 0 bridgehead atoms. The van der Waals surface area contributed by atoms with E-state index >= 15 is 0 Å². The first-order valence-corrected chi connectivity index (χ1v) is 9.00. The van der Waals surface area contributed by atoms with Crippen molar-refractivity contribution in [1.29, 1.82) is 0 Å². The van der Waals surface area contributed by atoms with Gasteiger partial charge < -0.3 is 9.64 Å². The van der Waals surface area contributed by atoms with Crippen LogP contribution in [0.2, 0.25) is 0 Å². The van der Waals surface area contributed by atoms with Gasteiger partial charge in [-0.05, 0) is 18.9 Å². The fraction of sp³-hybridized carbons (Fsp3) is 0.353. The van der Waals surface area contributed by atoms with E-state index in [0.717, 1.165) is 43.2 Å². The fourth-order valence-corrected chi connectivity index (χ4v) is 3.45. The molecule has 4 aromatic heterocycles. The number of nitrogens with zero attached hydrogens (tertiary/aromatic N) is 10. The van der Waals surface area contributed by atoms with Gasteiger partial charge in [-0.25, -0.2) is 14.6 Å². The number of ether oxygens (including phenoxy) is 1. The van der Waals surface area contributed by atoms with Crippen molar-refractivity contribution in [2.24, 2.45) is 0 Å². The van der Waals surface area contributed by atoms with Crippen molar-refractivity contribution < 1.29 is 4.74 Å². The Kier molecular flexibility index (Phi) is 4.04. The number of hydrogen-bond donors (Lipinski definition) is 0. The summed E-state index contributed by atoms with van der Waals surface area (Å²) in [6, 6.07) is 3.65. The zero-order valence-electron chi connectivity index (χ0n) is 15.3. The average molecular weight is 378 g/mol. The lowest BCUT2D eigenvalue weighted by molar-refractivity contribution is 0.386. The van der Waals surface area contributed by atoms with Crippen LogP contribution >= 0.6 is 0 Å². The lowest BCUT2D eigenvalue weighted by Gasteiger charge is -2.31. The summed E-state index contributed by atoms with van der Waals surface area (Å²) < 4.78 is 8.61. The number of piperidine rings is 1. The molecule has 1 aliphatic heterocycles. The van der Waals surface area contributed by atoms with E-state index in [1.165, 1.54) is 6.33 Å². The van der Waals surface area contributed by atoms with Crippen LogP contribution in [0.1, 0.15) is 24.6 Å². The van der Waals surface area contributed by atoms with Crippen LogP contribution < -0.4 is 9.64 Å². The minimum atomic E-state index is 0.275. The quantitative estimate of drug-likeness (QED) is 0.511. The van der Waals surface area contributed by atoms with Gasteiger partial charge in [0.1, 0.15) is 18.5 Å². The van der Waals surface area contributed by atoms with Gasteiger partial charge in [-0.15, -0.1) is 15.3 Å². The normalized spacial score (nSPS) is 15.2. The first kappa shape index (κ1) is 16.5. The summed E-state index contributed by atoms with van der Waals surface area (Å²) in [6.45, 7) is 1.69. The summed E-state index contributed by atoms with van der Waals surface area (Å²) in [5.41, 5.74) is 0.727. The largest absolute Gasteiger partial charge is 0.480 e. The molecular formula is C17H18N10O. The van der Waals surface area contributed by atoms with Crippen LogP contribution in [0.5, 0.6) is 5.88 Å². The third kappa shape index (κ3) is 2.90. The van der Waals surface area contributed by atoms with Crippen molar-refractivity contribution in [3.8, 4) is 11.7 Å². The molecule has 11 heteroatoms. The molecule has 5 rings (SSSR count). The molecule has 0 spiro atoms. The number of methoxy groups -OCH3 is 1. The SMILES string of the molecule is COc1ccc2nnc(C3CCN(c4cncc(-n5cncn5)n4)CC3)n2n1. The van der Waals surface area contributed by atoms with Gasteiger partial charge in [-0.1, -0.05) is 0 Å². The molecule has 142 valence electrons. The van der Waals surface area contributed by atoms with Gasteiger partial charge in [0.25, 0.3) is 0 Å². The Bertz CT molecular complexity index is 1080. The van der Waals surface area contributed by atoms with Crippen molar-refractivity contribution in [3.63, 3.8) is 0 Å². The van der Waals surface area contributed by atoms with Crippen LogP contribution in [0, 0.1) is 0 Å². The topological polar surface area (TPSA) is 112 Å². The first-order valence-electron chi connectivity index (χ1n) is 9.00. The molecule has 0 atom stereocenters. The molecule has 1 aliphatic rings. The summed E-state index contributed by atoms with van der Waals surface area (Å²) in [5, 5.41) is 17.2. The maximum absolute atomic E-state index is 5.23. The second-order valence-corrected chi connectivity index (χ2v) is 6.54. The van der Waals surface area contributed by atoms with E-state index in [-0.39, 0.29) is 5.92 Å². The van der Waals surface area contributed by atoms with Gasteiger partial charge in [0.15, 0.2) is 17.3 Å². The van der Waals surface area contributed by atoms with Crippen molar-refractivity contribution in [2.75, 3.05) is 25.1 Å². The molecule has 11 nitrogen and oxygen atoms in total. The molecule has 0 unspecified atom stereocenters. The lowest BCUT2D eigenvalue weighted by atomic mass is 9.96. The third-order valence-electron chi connectivity index (χ3n) is 4.92. The highest BCUT2D eigenvalue weighted by Crippen LogP contribution is 2.29. The van der Waals surface area contributed by atoms with E-state index < -0.39 is 0 Å². The summed E-state index contributed by atoms with van der Waals surface area (Å²) in [4.78, 5) is 15.1. The molecule has 1 saturated heterocycles. The van der Waals surface area contributed by atoms with Crippen molar-refractivity contribution in [3.05, 3.63) is 43.0 Å².